The highest BCUT2D eigenvalue weighted by atomic mass is 32.1. The molecule has 6 nitrogen and oxygen atoms in total. The van der Waals surface area contributed by atoms with E-state index in [1.165, 1.54) is 40.3 Å². The van der Waals surface area contributed by atoms with Crippen LogP contribution in [0.3, 0.4) is 0 Å². The second-order valence-electron chi connectivity index (χ2n) is 6.73. The highest BCUT2D eigenvalue weighted by molar-refractivity contribution is 7.12. The van der Waals surface area contributed by atoms with Crippen LogP contribution in [0, 0.1) is 0 Å². The lowest BCUT2D eigenvalue weighted by Crippen LogP contribution is -2.13. The van der Waals surface area contributed by atoms with Crippen molar-refractivity contribution in [3.63, 3.8) is 0 Å². The molecule has 0 amide bonds. The maximum Gasteiger partial charge on any atom is 0.416 e. The van der Waals surface area contributed by atoms with Crippen molar-refractivity contribution in [2.75, 3.05) is 0 Å². The smallest absolute Gasteiger partial charge is 0.416 e. The summed E-state index contributed by atoms with van der Waals surface area (Å²) >= 11 is 1.18. The third kappa shape index (κ3) is 4.43. The van der Waals surface area contributed by atoms with Gasteiger partial charge >= 0.3 is 12.1 Å². The third-order valence-corrected chi connectivity index (χ3v) is 5.34. The lowest BCUT2D eigenvalue weighted by atomic mass is 10.1. The minimum absolute atomic E-state index is 0.116. The van der Waals surface area contributed by atoms with E-state index >= 15 is 0 Å². The fourth-order valence-corrected chi connectivity index (χ4v) is 3.86. The molecule has 31 heavy (non-hydrogen) atoms. The van der Waals surface area contributed by atoms with Crippen molar-refractivity contribution in [3.8, 4) is 16.4 Å². The van der Waals surface area contributed by atoms with Crippen molar-refractivity contribution in [1.29, 1.82) is 0 Å². The zero-order chi connectivity index (χ0) is 22.2. The molecule has 0 aliphatic rings. The molecule has 0 radical (unpaired) electrons. The summed E-state index contributed by atoms with van der Waals surface area (Å²) in [4.78, 5) is 27.9. The molecule has 0 aliphatic heterocycles. The summed E-state index contributed by atoms with van der Waals surface area (Å²) in [7, 11) is 0. The van der Waals surface area contributed by atoms with E-state index in [1.54, 1.807) is 23.6 Å². The van der Waals surface area contributed by atoms with Gasteiger partial charge < -0.3 is 5.11 Å². The zero-order valence-corrected chi connectivity index (χ0v) is 16.5. The van der Waals surface area contributed by atoms with Crippen LogP contribution in [0.25, 0.3) is 16.4 Å². The molecule has 0 saturated heterocycles. The Bertz CT molecular complexity index is 1320. The number of nitrogens with zero attached hydrogens (tertiary/aromatic N) is 2. The second kappa shape index (κ2) is 7.88. The van der Waals surface area contributed by atoms with Crippen LogP contribution in [-0.2, 0) is 12.6 Å². The van der Waals surface area contributed by atoms with E-state index in [2.05, 4.69) is 10.1 Å². The van der Waals surface area contributed by atoms with Gasteiger partial charge in [0.05, 0.1) is 16.8 Å². The van der Waals surface area contributed by atoms with Crippen LogP contribution in [0.2, 0.25) is 0 Å². The number of rotatable bonds is 5. The van der Waals surface area contributed by atoms with Gasteiger partial charge in [0.2, 0.25) is 5.13 Å². The predicted molar refractivity (Wildman–Crippen MR) is 109 cm³/mol. The predicted octanol–water partition coefficient (Wildman–Crippen LogP) is 4.60. The number of carboxylic acids is 1. The van der Waals surface area contributed by atoms with E-state index in [0.29, 0.717) is 27.6 Å². The zero-order valence-electron chi connectivity index (χ0n) is 15.7. The molecule has 0 bridgehead atoms. The van der Waals surface area contributed by atoms with Gasteiger partial charge in [-0.2, -0.15) is 17.9 Å². The SMILES string of the molecule is O=C(O)c1cccc(-c2csc(-n3[nH]c(Cc4cccc(C(F)(F)F)c4)cc3=O)n2)c1. The molecule has 0 unspecified atom stereocenters. The topological polar surface area (TPSA) is 88.0 Å². The quantitative estimate of drug-likeness (QED) is 0.470. The first kappa shape index (κ1) is 20.6. The normalized spacial score (nSPS) is 11.6. The van der Waals surface area contributed by atoms with Crippen molar-refractivity contribution in [2.45, 2.75) is 12.6 Å². The number of hydrogen-bond acceptors (Lipinski definition) is 4. The van der Waals surface area contributed by atoms with Crippen LogP contribution in [0.1, 0.15) is 27.2 Å². The second-order valence-corrected chi connectivity index (χ2v) is 7.57. The number of nitrogens with one attached hydrogen (secondary N) is 1. The molecule has 0 fully saturated rings. The number of aromatic carboxylic acids is 1. The number of carboxylic acid groups (broad SMARTS) is 1. The lowest BCUT2D eigenvalue weighted by Gasteiger charge is -2.08. The molecule has 0 aliphatic carbocycles. The monoisotopic (exact) mass is 445 g/mol. The number of aromatic nitrogens is 3. The highest BCUT2D eigenvalue weighted by Gasteiger charge is 2.30. The maximum atomic E-state index is 12.9. The molecule has 2 heterocycles. The Hall–Kier alpha value is -3.66. The molecular weight excluding hydrogens is 431 g/mol. The van der Waals surface area contributed by atoms with Gasteiger partial charge in [0.25, 0.3) is 5.56 Å². The molecule has 2 aromatic heterocycles. The Kier molecular flexibility index (Phi) is 5.24. The third-order valence-electron chi connectivity index (χ3n) is 4.51. The maximum absolute atomic E-state index is 12.9. The van der Waals surface area contributed by atoms with Crippen molar-refractivity contribution in [3.05, 3.63) is 92.7 Å². The van der Waals surface area contributed by atoms with Gasteiger partial charge in [0, 0.05) is 29.1 Å². The number of aromatic amines is 1. The summed E-state index contributed by atoms with van der Waals surface area (Å²) < 4.78 is 39.9. The van der Waals surface area contributed by atoms with Crippen LogP contribution in [0.15, 0.2) is 64.8 Å². The Morgan fingerprint density at radius 1 is 1.13 bits per heavy atom. The molecule has 158 valence electrons. The molecule has 0 saturated carbocycles. The number of hydrogen-bond donors (Lipinski definition) is 2. The fourth-order valence-electron chi connectivity index (χ4n) is 3.07. The minimum Gasteiger partial charge on any atom is -0.478 e. The van der Waals surface area contributed by atoms with E-state index in [4.69, 9.17) is 5.11 Å². The first-order valence-electron chi connectivity index (χ1n) is 8.97. The van der Waals surface area contributed by atoms with Crippen molar-refractivity contribution < 1.29 is 23.1 Å². The lowest BCUT2D eigenvalue weighted by molar-refractivity contribution is -0.137. The van der Waals surface area contributed by atoms with E-state index in [0.717, 1.165) is 12.1 Å². The molecule has 4 aromatic rings. The van der Waals surface area contributed by atoms with Gasteiger partial charge in [0.15, 0.2) is 0 Å². The Labute approximate surface area is 177 Å². The van der Waals surface area contributed by atoms with Crippen molar-refractivity contribution >= 4 is 17.3 Å². The highest BCUT2D eigenvalue weighted by Crippen LogP contribution is 2.30. The Morgan fingerprint density at radius 3 is 2.65 bits per heavy atom. The number of carbonyl (C=O) groups is 1. The molecule has 0 spiro atoms. The van der Waals surface area contributed by atoms with Gasteiger partial charge in [-0.1, -0.05) is 30.3 Å². The first-order chi connectivity index (χ1) is 14.7. The molecular formula is C21H14F3N3O3S. The minimum atomic E-state index is -4.44. The first-order valence-corrected chi connectivity index (χ1v) is 9.85. The van der Waals surface area contributed by atoms with Crippen LogP contribution in [0.5, 0.6) is 0 Å². The Balaban J connectivity index is 1.60. The van der Waals surface area contributed by atoms with Crippen LogP contribution in [0.4, 0.5) is 13.2 Å². The van der Waals surface area contributed by atoms with E-state index in [1.807, 2.05) is 0 Å². The summed E-state index contributed by atoms with van der Waals surface area (Å²) in [6.07, 6.45) is -4.32. The van der Waals surface area contributed by atoms with Crippen molar-refractivity contribution in [2.24, 2.45) is 0 Å². The number of H-pyrrole nitrogens is 1. The molecule has 0 atom stereocenters. The van der Waals surface area contributed by atoms with E-state index in [-0.39, 0.29) is 12.0 Å². The summed E-state index contributed by atoms with van der Waals surface area (Å²) in [5.41, 5.74) is 0.910. The van der Waals surface area contributed by atoms with Gasteiger partial charge in [-0.05, 0) is 23.8 Å². The van der Waals surface area contributed by atoms with Crippen LogP contribution >= 0.6 is 11.3 Å². The molecule has 4 rings (SSSR count). The molecule has 2 N–H and O–H groups in total. The summed E-state index contributed by atoms with van der Waals surface area (Å²) in [5, 5.41) is 14.0. The largest absolute Gasteiger partial charge is 0.478 e. The molecule has 10 heteroatoms. The number of alkyl halides is 3. The number of benzene rings is 2. The van der Waals surface area contributed by atoms with Gasteiger partial charge in [-0.3, -0.25) is 9.89 Å². The van der Waals surface area contributed by atoms with Crippen LogP contribution in [-0.4, -0.2) is 25.8 Å². The van der Waals surface area contributed by atoms with E-state index < -0.39 is 23.3 Å². The summed E-state index contributed by atoms with van der Waals surface area (Å²) in [5.74, 6) is -1.06. The standard InChI is InChI=1S/C21H14F3N3O3S/c22-21(23,24)15-6-1-3-12(7-15)8-16-10-18(28)27(26-16)20-25-17(11-31-20)13-4-2-5-14(9-13)19(29)30/h1-7,9-11,26H,8H2,(H,29,30). The van der Waals surface area contributed by atoms with Gasteiger partial charge in [0.1, 0.15) is 0 Å². The Morgan fingerprint density at radius 2 is 1.90 bits per heavy atom. The summed E-state index contributed by atoms with van der Waals surface area (Å²) in [6.45, 7) is 0. The summed E-state index contributed by atoms with van der Waals surface area (Å²) in [6, 6.07) is 12.5. The fraction of sp³-hybridized carbons (Fsp3) is 0.0952. The average molecular weight is 445 g/mol. The van der Waals surface area contributed by atoms with Crippen molar-refractivity contribution in [1.82, 2.24) is 14.8 Å². The molecule has 2 aromatic carbocycles. The van der Waals surface area contributed by atoms with Gasteiger partial charge in [-0.15, -0.1) is 11.3 Å². The average Bonchev–Trinajstić information content (AvgIpc) is 3.34. The van der Waals surface area contributed by atoms with Gasteiger partial charge in [-0.25, -0.2) is 9.78 Å². The number of thiazole rings is 1. The number of halogens is 3. The van der Waals surface area contributed by atoms with Crippen LogP contribution < -0.4 is 5.56 Å². The van der Waals surface area contributed by atoms with E-state index in [9.17, 15) is 22.8 Å².